The highest BCUT2D eigenvalue weighted by Crippen LogP contribution is 2.18. The van der Waals surface area contributed by atoms with Crippen LogP contribution in [0.15, 0.2) is 11.4 Å². The highest BCUT2D eigenvalue weighted by atomic mass is 35.5. The molecule has 0 atom stereocenters. The van der Waals surface area contributed by atoms with Crippen LogP contribution in [0.2, 0.25) is 5.02 Å². The Balaban J connectivity index is 2.54. The summed E-state index contributed by atoms with van der Waals surface area (Å²) in [5.74, 6) is -0.692. The quantitative estimate of drug-likeness (QED) is 0.696. The Morgan fingerprint density at radius 3 is 2.62 bits per heavy atom. The number of carbonyl (C=O) groups is 2. The van der Waals surface area contributed by atoms with Crippen molar-refractivity contribution >= 4 is 34.8 Å². The average molecular weight is 219 g/mol. The van der Waals surface area contributed by atoms with Gasteiger partial charge in [-0.1, -0.05) is 11.6 Å². The molecule has 4 nitrogen and oxygen atoms in total. The van der Waals surface area contributed by atoms with Crippen molar-refractivity contribution in [2.75, 3.05) is 0 Å². The molecule has 6 heteroatoms. The van der Waals surface area contributed by atoms with Gasteiger partial charge in [-0.25, -0.2) is 0 Å². The highest BCUT2D eigenvalue weighted by Gasteiger charge is 2.07. The topological polar surface area (TPSA) is 58.2 Å². The Hall–Kier alpha value is -1.07. The van der Waals surface area contributed by atoms with Gasteiger partial charge < -0.3 is 0 Å². The van der Waals surface area contributed by atoms with Gasteiger partial charge in [-0.3, -0.25) is 20.4 Å². The van der Waals surface area contributed by atoms with E-state index in [9.17, 15) is 9.59 Å². The van der Waals surface area contributed by atoms with Crippen molar-refractivity contribution < 1.29 is 9.59 Å². The van der Waals surface area contributed by atoms with E-state index in [0.717, 1.165) is 0 Å². The summed E-state index contributed by atoms with van der Waals surface area (Å²) in [6.07, 6.45) is 0. The maximum absolute atomic E-state index is 11.2. The van der Waals surface area contributed by atoms with Gasteiger partial charge in [-0.2, -0.15) is 0 Å². The van der Waals surface area contributed by atoms with Crippen LogP contribution in [-0.4, -0.2) is 11.8 Å². The second kappa shape index (κ2) is 4.25. The first kappa shape index (κ1) is 10.0. The molecule has 0 aromatic carbocycles. The fraction of sp³-hybridized carbons (Fsp3) is 0.143. The van der Waals surface area contributed by atoms with Crippen molar-refractivity contribution in [3.8, 4) is 0 Å². The van der Waals surface area contributed by atoms with Gasteiger partial charge in [0.25, 0.3) is 5.91 Å². The van der Waals surface area contributed by atoms with Crippen molar-refractivity contribution in [1.82, 2.24) is 10.9 Å². The summed E-state index contributed by atoms with van der Waals surface area (Å²) in [6, 6.07) is 1.53. The summed E-state index contributed by atoms with van der Waals surface area (Å²) in [5.41, 5.74) is 4.40. The van der Waals surface area contributed by atoms with Gasteiger partial charge in [0.1, 0.15) is 0 Å². The maximum Gasteiger partial charge on any atom is 0.279 e. The number of hydrazine groups is 1. The molecule has 0 spiro atoms. The van der Waals surface area contributed by atoms with Gasteiger partial charge in [0, 0.05) is 12.3 Å². The monoisotopic (exact) mass is 218 g/mol. The minimum atomic E-state index is -0.368. The van der Waals surface area contributed by atoms with E-state index in [1.54, 1.807) is 5.38 Å². The minimum absolute atomic E-state index is 0.323. The number of amides is 2. The van der Waals surface area contributed by atoms with Crippen LogP contribution in [0, 0.1) is 0 Å². The van der Waals surface area contributed by atoms with Crippen molar-refractivity contribution in [3.63, 3.8) is 0 Å². The molecule has 0 radical (unpaired) electrons. The predicted molar refractivity (Wildman–Crippen MR) is 50.6 cm³/mol. The zero-order valence-electron chi connectivity index (χ0n) is 6.76. The third-order valence-electron chi connectivity index (χ3n) is 1.14. The fourth-order valence-electron chi connectivity index (χ4n) is 0.639. The molecule has 1 heterocycles. The van der Waals surface area contributed by atoms with Gasteiger partial charge in [-0.15, -0.1) is 11.3 Å². The predicted octanol–water partition coefficient (Wildman–Crippen LogP) is 1.18. The number of hydrogen-bond donors (Lipinski definition) is 2. The lowest BCUT2D eigenvalue weighted by atomic mass is 10.4. The van der Waals surface area contributed by atoms with Crippen LogP contribution in [0.4, 0.5) is 0 Å². The second-order valence-corrected chi connectivity index (χ2v) is 3.61. The molecule has 0 saturated heterocycles. The van der Waals surface area contributed by atoms with Crippen LogP contribution >= 0.6 is 22.9 Å². The van der Waals surface area contributed by atoms with E-state index in [1.165, 1.54) is 24.3 Å². The molecule has 13 heavy (non-hydrogen) atoms. The summed E-state index contributed by atoms with van der Waals surface area (Å²) < 4.78 is 0. The van der Waals surface area contributed by atoms with Crippen LogP contribution in [0.25, 0.3) is 0 Å². The molecule has 0 aliphatic rings. The Labute approximate surface area is 83.9 Å². The Morgan fingerprint density at radius 2 is 2.15 bits per heavy atom. The van der Waals surface area contributed by atoms with E-state index >= 15 is 0 Å². The third-order valence-corrected chi connectivity index (χ3v) is 2.42. The largest absolute Gasteiger partial charge is 0.279 e. The second-order valence-electron chi connectivity index (χ2n) is 2.26. The SMILES string of the molecule is CC(=O)NNC(=O)c1cc(Cl)cs1. The van der Waals surface area contributed by atoms with Gasteiger partial charge in [0.15, 0.2) is 0 Å². The number of hydrogen-bond acceptors (Lipinski definition) is 3. The molecule has 70 valence electrons. The zero-order chi connectivity index (χ0) is 9.84. The van der Waals surface area contributed by atoms with Crippen LogP contribution < -0.4 is 10.9 Å². The molecular weight excluding hydrogens is 212 g/mol. The Morgan fingerprint density at radius 1 is 1.46 bits per heavy atom. The van der Waals surface area contributed by atoms with Gasteiger partial charge >= 0.3 is 0 Å². The fourth-order valence-corrected chi connectivity index (χ4v) is 1.61. The summed E-state index contributed by atoms with van der Waals surface area (Å²) in [4.78, 5) is 22.1. The van der Waals surface area contributed by atoms with Gasteiger partial charge in [0.05, 0.1) is 9.90 Å². The molecule has 2 amide bonds. The summed E-state index contributed by atoms with van der Waals surface area (Å²) >= 11 is 6.82. The average Bonchev–Trinajstić information content (AvgIpc) is 2.47. The van der Waals surface area contributed by atoms with Gasteiger partial charge in [0.2, 0.25) is 5.91 Å². The first-order chi connectivity index (χ1) is 6.09. The number of nitrogens with one attached hydrogen (secondary N) is 2. The van der Waals surface area contributed by atoms with E-state index in [1.807, 2.05) is 0 Å². The van der Waals surface area contributed by atoms with Crippen LogP contribution in [0.5, 0.6) is 0 Å². The first-order valence-electron chi connectivity index (χ1n) is 3.40. The van der Waals surface area contributed by atoms with E-state index < -0.39 is 0 Å². The number of carbonyl (C=O) groups excluding carboxylic acids is 2. The van der Waals surface area contributed by atoms with Crippen molar-refractivity contribution in [2.45, 2.75) is 6.92 Å². The maximum atomic E-state index is 11.2. The molecule has 0 fully saturated rings. The zero-order valence-corrected chi connectivity index (χ0v) is 8.33. The lowest BCUT2D eigenvalue weighted by Gasteiger charge is -2.01. The molecule has 1 rings (SSSR count). The molecule has 1 aromatic rings. The van der Waals surface area contributed by atoms with Crippen molar-refractivity contribution in [1.29, 1.82) is 0 Å². The molecule has 1 aromatic heterocycles. The first-order valence-corrected chi connectivity index (χ1v) is 4.66. The summed E-state index contributed by atoms with van der Waals surface area (Å²) in [7, 11) is 0. The summed E-state index contributed by atoms with van der Waals surface area (Å²) in [6.45, 7) is 1.31. The van der Waals surface area contributed by atoms with E-state index in [4.69, 9.17) is 11.6 Å². The summed E-state index contributed by atoms with van der Waals surface area (Å²) in [5, 5.41) is 2.16. The lowest BCUT2D eigenvalue weighted by Crippen LogP contribution is -2.39. The van der Waals surface area contributed by atoms with E-state index in [-0.39, 0.29) is 11.8 Å². The van der Waals surface area contributed by atoms with E-state index in [2.05, 4.69) is 10.9 Å². The van der Waals surface area contributed by atoms with Crippen LogP contribution in [0.3, 0.4) is 0 Å². The Kier molecular flexibility index (Phi) is 3.27. The highest BCUT2D eigenvalue weighted by molar-refractivity contribution is 7.12. The van der Waals surface area contributed by atoms with Crippen molar-refractivity contribution in [2.24, 2.45) is 0 Å². The van der Waals surface area contributed by atoms with Crippen LogP contribution in [-0.2, 0) is 4.79 Å². The van der Waals surface area contributed by atoms with E-state index in [0.29, 0.717) is 9.90 Å². The van der Waals surface area contributed by atoms with Gasteiger partial charge in [-0.05, 0) is 6.07 Å². The molecule has 0 aliphatic carbocycles. The third kappa shape index (κ3) is 3.04. The lowest BCUT2D eigenvalue weighted by molar-refractivity contribution is -0.119. The molecular formula is C7H7ClN2O2S. The molecule has 0 aliphatic heterocycles. The van der Waals surface area contributed by atoms with Crippen molar-refractivity contribution in [3.05, 3.63) is 21.3 Å². The molecule has 2 N–H and O–H groups in total. The molecule has 0 unspecified atom stereocenters. The standard InChI is InChI=1S/C7H7ClN2O2S/c1-4(11)9-10-7(12)6-2-5(8)3-13-6/h2-3H,1H3,(H,9,11)(H,10,12). The normalized spacial score (nSPS) is 9.38. The van der Waals surface area contributed by atoms with Crippen LogP contribution in [0.1, 0.15) is 16.6 Å². The smallest absolute Gasteiger partial charge is 0.274 e. The Bertz CT molecular complexity index is 337. The number of rotatable bonds is 1. The molecule has 0 saturated carbocycles. The molecule has 0 bridgehead atoms. The number of halogens is 1. The number of thiophene rings is 1. The minimum Gasteiger partial charge on any atom is -0.274 e.